The highest BCUT2D eigenvalue weighted by molar-refractivity contribution is 9.10. The average molecular weight is 666 g/mol. The van der Waals surface area contributed by atoms with Gasteiger partial charge < -0.3 is 19.1 Å². The van der Waals surface area contributed by atoms with E-state index in [0.29, 0.717) is 19.0 Å². The first-order chi connectivity index (χ1) is 21.1. The summed E-state index contributed by atoms with van der Waals surface area (Å²) in [5.41, 5.74) is 6.03. The van der Waals surface area contributed by atoms with Crippen molar-refractivity contribution in [3.8, 4) is 0 Å². The lowest BCUT2D eigenvalue weighted by atomic mass is 9.94. The van der Waals surface area contributed by atoms with Gasteiger partial charge in [0, 0.05) is 68.9 Å². The van der Waals surface area contributed by atoms with E-state index in [1.165, 1.54) is 28.7 Å². The Hall–Kier alpha value is -3.24. The van der Waals surface area contributed by atoms with Gasteiger partial charge in [0.05, 0.1) is 18.1 Å². The highest BCUT2D eigenvalue weighted by atomic mass is 79.9. The number of likely N-dealkylation sites (tertiary alicyclic amines) is 1. The fourth-order valence-corrected chi connectivity index (χ4v) is 6.85. The van der Waals surface area contributed by atoms with Crippen molar-refractivity contribution in [2.45, 2.75) is 71.6 Å². The first-order valence-electron chi connectivity index (χ1n) is 15.7. The summed E-state index contributed by atoms with van der Waals surface area (Å²) < 4.78 is 8.67. The maximum Gasteiger partial charge on any atom is 0.410 e. The van der Waals surface area contributed by atoms with Crippen LogP contribution in [0.25, 0.3) is 0 Å². The van der Waals surface area contributed by atoms with Crippen molar-refractivity contribution >= 4 is 28.4 Å². The molecule has 4 heterocycles. The van der Waals surface area contributed by atoms with Gasteiger partial charge in [-0.3, -0.25) is 14.7 Å². The summed E-state index contributed by atoms with van der Waals surface area (Å²) in [7, 11) is 0. The van der Waals surface area contributed by atoms with Gasteiger partial charge in [0.2, 0.25) is 6.41 Å². The molecule has 1 aromatic carbocycles. The van der Waals surface area contributed by atoms with Crippen LogP contribution < -0.4 is 0 Å². The molecular formula is C34H45BrN6O3. The number of fused-ring (bicyclic) bond motifs is 2. The lowest BCUT2D eigenvalue weighted by Crippen LogP contribution is -2.51. The number of aryl methyl sites for hydroxylation is 3. The summed E-state index contributed by atoms with van der Waals surface area (Å²) in [6, 6.07) is 9.12. The van der Waals surface area contributed by atoms with Crippen LogP contribution in [0.4, 0.5) is 4.79 Å². The number of rotatable bonds is 4. The van der Waals surface area contributed by atoms with Crippen LogP contribution in [0.5, 0.6) is 0 Å². The van der Waals surface area contributed by atoms with Crippen LogP contribution in [0.1, 0.15) is 67.6 Å². The van der Waals surface area contributed by atoms with Crippen LogP contribution in [-0.4, -0.2) is 86.6 Å². The van der Waals surface area contributed by atoms with Gasteiger partial charge in [-0.1, -0.05) is 23.8 Å². The number of carbonyl (C=O) groups excluding carboxylic acids is 2. The minimum atomic E-state index is -0.470. The molecular weight excluding hydrogens is 620 g/mol. The van der Waals surface area contributed by atoms with Crippen LogP contribution in [0.3, 0.4) is 0 Å². The highest BCUT2D eigenvalue weighted by Gasteiger charge is 2.34. The number of piperidine rings is 1. The maximum atomic E-state index is 12.5. The van der Waals surface area contributed by atoms with Crippen molar-refractivity contribution in [3.63, 3.8) is 0 Å². The number of benzene rings is 1. The Morgan fingerprint density at radius 1 is 1.09 bits per heavy atom. The molecule has 9 nitrogen and oxygen atoms in total. The Morgan fingerprint density at radius 3 is 2.57 bits per heavy atom. The summed E-state index contributed by atoms with van der Waals surface area (Å²) >= 11 is 3.59. The Morgan fingerprint density at radius 2 is 1.86 bits per heavy atom. The number of ether oxygens (including phenoxy) is 1. The Labute approximate surface area is 269 Å². The number of aromatic nitrogens is 3. The minimum absolute atomic E-state index is 0.118. The summed E-state index contributed by atoms with van der Waals surface area (Å²) in [6.45, 7) is 13.6. The second-order valence-electron chi connectivity index (χ2n) is 13.2. The van der Waals surface area contributed by atoms with E-state index in [-0.39, 0.29) is 12.1 Å². The van der Waals surface area contributed by atoms with Gasteiger partial charge in [0.15, 0.2) is 0 Å². The second kappa shape index (κ2) is 14.2. The summed E-state index contributed by atoms with van der Waals surface area (Å²) in [5, 5.41) is 0. The van der Waals surface area contributed by atoms with E-state index >= 15 is 0 Å². The van der Waals surface area contributed by atoms with Crippen molar-refractivity contribution in [1.82, 2.24) is 29.2 Å². The van der Waals surface area contributed by atoms with Crippen molar-refractivity contribution < 1.29 is 14.3 Å². The van der Waals surface area contributed by atoms with Crippen LogP contribution in [0.15, 0.2) is 53.7 Å². The number of halogens is 1. The number of nitrogens with zero attached hydrogens (tertiary/aromatic N) is 6. The van der Waals surface area contributed by atoms with Gasteiger partial charge in [-0.15, -0.1) is 0 Å². The van der Waals surface area contributed by atoms with Crippen LogP contribution in [0.2, 0.25) is 0 Å². The highest BCUT2D eigenvalue weighted by Crippen LogP contribution is 2.37. The molecule has 10 heteroatoms. The molecule has 3 aliphatic rings. The molecule has 236 valence electrons. The maximum absolute atomic E-state index is 12.5. The quantitative estimate of drug-likeness (QED) is 0.336. The first-order valence-corrected chi connectivity index (χ1v) is 16.5. The number of hydrogen-bond donors (Lipinski definition) is 0. The third-order valence-corrected chi connectivity index (χ3v) is 8.98. The molecule has 2 amide bonds. The van der Waals surface area contributed by atoms with E-state index in [1.807, 2.05) is 49.3 Å². The van der Waals surface area contributed by atoms with E-state index in [4.69, 9.17) is 9.72 Å². The Balaban J connectivity index is 0.000000229. The topological polar surface area (TPSA) is 83.8 Å². The number of carbonyl (C=O) groups is 2. The number of hydrogen-bond acceptors (Lipinski definition) is 6. The molecule has 0 radical (unpaired) electrons. The lowest BCUT2D eigenvalue weighted by Gasteiger charge is -2.40. The summed E-state index contributed by atoms with van der Waals surface area (Å²) in [6.07, 6.45) is 12.6. The second-order valence-corrected chi connectivity index (χ2v) is 14.1. The number of pyridine rings is 1. The zero-order valence-electron chi connectivity index (χ0n) is 26.4. The van der Waals surface area contributed by atoms with Crippen LogP contribution in [0, 0.1) is 12.8 Å². The third-order valence-electron chi connectivity index (χ3n) is 8.54. The molecule has 3 aromatic rings. The summed E-state index contributed by atoms with van der Waals surface area (Å²) in [4.78, 5) is 38.1. The molecule has 2 aromatic heterocycles. The molecule has 1 aliphatic carbocycles. The molecule has 0 N–H and O–H groups in total. The van der Waals surface area contributed by atoms with Gasteiger partial charge in [-0.2, -0.15) is 0 Å². The standard InChI is InChI=1S/C24H30BrN3O2.C10H15N3O/c1-16-5-8-20-17(13-16)6-7-18-14-19(25)15-26-21(18)22(20)27-9-11-28(12-10-27)23(29)30-24(2,3)4;14-9-13-4-1-2-10(7-13)6-12-5-3-11-8-12/h5,8,13-15,22H,6-7,9-12H2,1-4H3;3,5,8-10H,1-2,4,6-7H2/t22-;10-/m10/s1. The first kappa shape index (κ1) is 32.2. The van der Waals surface area contributed by atoms with Crippen molar-refractivity contribution in [1.29, 1.82) is 0 Å². The van der Waals surface area contributed by atoms with Gasteiger partial charge in [-0.05, 0) is 98.0 Å². The van der Waals surface area contributed by atoms with E-state index in [2.05, 4.69) is 61.6 Å². The average Bonchev–Trinajstić information content (AvgIpc) is 3.45. The third kappa shape index (κ3) is 8.27. The Kier molecular flexibility index (Phi) is 10.4. The van der Waals surface area contributed by atoms with Gasteiger partial charge >= 0.3 is 6.09 Å². The molecule has 6 rings (SSSR count). The summed E-state index contributed by atoms with van der Waals surface area (Å²) in [5.74, 6) is 0.586. The van der Waals surface area contributed by atoms with Crippen LogP contribution >= 0.6 is 15.9 Å². The molecule has 2 aliphatic heterocycles. The van der Waals surface area contributed by atoms with E-state index < -0.39 is 5.60 Å². The fourth-order valence-electron chi connectivity index (χ4n) is 6.47. The normalized spacial score (nSPS) is 20.5. The number of imidazole rings is 1. The van der Waals surface area contributed by atoms with Gasteiger partial charge in [0.1, 0.15) is 5.60 Å². The van der Waals surface area contributed by atoms with Crippen molar-refractivity contribution in [3.05, 3.63) is 81.6 Å². The largest absolute Gasteiger partial charge is 0.444 e. The smallest absolute Gasteiger partial charge is 0.410 e. The van der Waals surface area contributed by atoms with Gasteiger partial charge in [-0.25, -0.2) is 9.78 Å². The molecule has 2 fully saturated rings. The molecule has 0 unspecified atom stereocenters. The zero-order chi connectivity index (χ0) is 31.3. The Bertz CT molecular complexity index is 1360. The van der Waals surface area contributed by atoms with Crippen molar-refractivity contribution in [2.75, 3.05) is 39.3 Å². The fraction of sp³-hybridized carbons (Fsp3) is 0.529. The van der Waals surface area contributed by atoms with Gasteiger partial charge in [0.25, 0.3) is 0 Å². The monoisotopic (exact) mass is 664 g/mol. The van der Waals surface area contributed by atoms with E-state index in [1.54, 1.807) is 6.20 Å². The zero-order valence-corrected chi connectivity index (χ0v) is 28.0. The molecule has 0 bridgehead atoms. The van der Waals surface area contributed by atoms with E-state index in [9.17, 15) is 9.59 Å². The molecule has 0 saturated carbocycles. The number of piperazine rings is 1. The predicted molar refractivity (Wildman–Crippen MR) is 174 cm³/mol. The molecule has 2 saturated heterocycles. The molecule has 44 heavy (non-hydrogen) atoms. The predicted octanol–water partition coefficient (Wildman–Crippen LogP) is 5.64. The SMILES string of the molecule is Cc1ccc2c(c1)CCc1cc(Br)cnc1[C@@H]2N1CCN(C(=O)OC(C)(C)C)CC1.O=CN1CCC[C@@H](Cn2ccnc2)C1. The molecule has 2 atom stereocenters. The number of amides is 2. The lowest BCUT2D eigenvalue weighted by molar-refractivity contribution is -0.119. The van der Waals surface area contributed by atoms with Crippen LogP contribution in [-0.2, 0) is 28.9 Å². The molecule has 0 spiro atoms. The minimum Gasteiger partial charge on any atom is -0.444 e. The van der Waals surface area contributed by atoms with Crippen molar-refractivity contribution in [2.24, 2.45) is 5.92 Å². The van der Waals surface area contributed by atoms with E-state index in [0.717, 1.165) is 68.6 Å².